The highest BCUT2D eigenvalue weighted by molar-refractivity contribution is 5.26. The molecule has 1 aromatic carbocycles. The van der Waals surface area contributed by atoms with Gasteiger partial charge in [0.2, 0.25) is 0 Å². The van der Waals surface area contributed by atoms with Crippen molar-refractivity contribution in [1.29, 1.82) is 0 Å². The molecule has 15 heavy (non-hydrogen) atoms. The summed E-state index contributed by atoms with van der Waals surface area (Å²) in [7, 11) is 0. The molecule has 1 aromatic rings. The molecule has 1 heterocycles. The number of aliphatic hydroxyl groups excluding tert-OH is 2. The maximum atomic E-state index is 9.78. The molecule has 0 amide bonds. The molecule has 0 saturated carbocycles. The fraction of sp³-hybridized carbons (Fsp3) is 0.500. The molecule has 3 heteroatoms. The fourth-order valence-electron chi connectivity index (χ4n) is 1.95. The second-order valence-corrected chi connectivity index (χ2v) is 4.28. The van der Waals surface area contributed by atoms with E-state index in [4.69, 9.17) is 4.74 Å². The molecule has 3 nitrogen and oxygen atoms in total. The van der Waals surface area contributed by atoms with Crippen molar-refractivity contribution in [2.45, 2.75) is 37.8 Å². The van der Waals surface area contributed by atoms with E-state index in [0.29, 0.717) is 0 Å². The predicted molar refractivity (Wildman–Crippen MR) is 56.4 cm³/mol. The monoisotopic (exact) mass is 208 g/mol. The van der Waals surface area contributed by atoms with Gasteiger partial charge >= 0.3 is 0 Å². The minimum absolute atomic E-state index is 0.108. The zero-order chi connectivity index (χ0) is 11.1. The van der Waals surface area contributed by atoms with Gasteiger partial charge < -0.3 is 14.9 Å². The number of hydrogen-bond acceptors (Lipinski definition) is 3. The Bertz CT molecular complexity index is 336. The third-order valence-corrected chi connectivity index (χ3v) is 2.98. The highest BCUT2D eigenvalue weighted by atomic mass is 16.6. The Morgan fingerprint density at radius 2 is 1.87 bits per heavy atom. The normalized spacial score (nSPS) is 33.5. The minimum atomic E-state index is -0.845. The van der Waals surface area contributed by atoms with Crippen LogP contribution in [0.3, 0.4) is 0 Å². The third kappa shape index (κ3) is 1.78. The van der Waals surface area contributed by atoms with Gasteiger partial charge in [0.25, 0.3) is 0 Å². The van der Waals surface area contributed by atoms with Crippen LogP contribution in [0, 0.1) is 0 Å². The highest BCUT2D eigenvalue weighted by Crippen LogP contribution is 2.52. The van der Waals surface area contributed by atoms with Gasteiger partial charge in [-0.25, -0.2) is 0 Å². The highest BCUT2D eigenvalue weighted by Gasteiger charge is 2.59. The molecule has 1 saturated heterocycles. The molecule has 2 rings (SSSR count). The minimum Gasteiger partial charge on any atom is -0.391 e. The second-order valence-electron chi connectivity index (χ2n) is 4.28. The summed E-state index contributed by atoms with van der Waals surface area (Å²) in [4.78, 5) is 0. The second kappa shape index (κ2) is 3.59. The summed E-state index contributed by atoms with van der Waals surface area (Å²) in [6.07, 6.45) is -1.73. The van der Waals surface area contributed by atoms with Crippen molar-refractivity contribution >= 4 is 0 Å². The predicted octanol–water partition coefficient (Wildman–Crippen LogP) is 1.26. The number of rotatable bonds is 3. The average Bonchev–Trinajstić information content (AvgIpc) is 2.92. The number of hydrogen-bond donors (Lipinski definition) is 2. The average molecular weight is 208 g/mol. The van der Waals surface area contributed by atoms with E-state index in [1.54, 1.807) is 6.92 Å². The Hall–Kier alpha value is -0.900. The first-order valence-electron chi connectivity index (χ1n) is 5.14. The molecule has 82 valence electrons. The van der Waals surface area contributed by atoms with Crippen molar-refractivity contribution in [3.05, 3.63) is 35.9 Å². The maximum Gasteiger partial charge on any atom is 0.125 e. The van der Waals surface area contributed by atoms with E-state index in [0.717, 1.165) is 5.56 Å². The van der Waals surface area contributed by atoms with Crippen molar-refractivity contribution in [2.75, 3.05) is 0 Å². The lowest BCUT2D eigenvalue weighted by atomic mass is 9.93. The van der Waals surface area contributed by atoms with Crippen LogP contribution in [0.2, 0.25) is 0 Å². The van der Waals surface area contributed by atoms with Gasteiger partial charge in [0, 0.05) is 0 Å². The Morgan fingerprint density at radius 3 is 2.40 bits per heavy atom. The zero-order valence-corrected chi connectivity index (χ0v) is 8.92. The van der Waals surface area contributed by atoms with Gasteiger partial charge in [0.1, 0.15) is 17.8 Å². The molecular weight excluding hydrogens is 192 g/mol. The van der Waals surface area contributed by atoms with E-state index < -0.39 is 17.8 Å². The molecule has 0 bridgehead atoms. The first-order chi connectivity index (χ1) is 7.05. The molecule has 1 fully saturated rings. The number of benzene rings is 1. The third-order valence-electron chi connectivity index (χ3n) is 2.98. The lowest BCUT2D eigenvalue weighted by Crippen LogP contribution is -2.36. The van der Waals surface area contributed by atoms with Gasteiger partial charge in [0.15, 0.2) is 0 Å². The molecule has 2 N–H and O–H groups in total. The van der Waals surface area contributed by atoms with E-state index >= 15 is 0 Å². The van der Waals surface area contributed by atoms with Crippen LogP contribution in [0.1, 0.15) is 25.5 Å². The lowest BCUT2D eigenvalue weighted by molar-refractivity contribution is -0.0158. The number of aliphatic hydroxyl groups is 2. The van der Waals surface area contributed by atoms with E-state index in [9.17, 15) is 10.2 Å². The van der Waals surface area contributed by atoms with E-state index in [1.807, 2.05) is 37.3 Å². The fourth-order valence-corrected chi connectivity index (χ4v) is 1.95. The topological polar surface area (TPSA) is 53.0 Å². The quantitative estimate of drug-likeness (QED) is 0.735. The van der Waals surface area contributed by atoms with Gasteiger partial charge in [-0.05, 0) is 19.4 Å². The van der Waals surface area contributed by atoms with E-state index in [-0.39, 0.29) is 6.10 Å². The number of epoxide rings is 1. The molecule has 4 atom stereocenters. The summed E-state index contributed by atoms with van der Waals surface area (Å²) >= 11 is 0. The summed E-state index contributed by atoms with van der Waals surface area (Å²) in [5.74, 6) is 0. The molecule has 0 aliphatic carbocycles. The van der Waals surface area contributed by atoms with Crippen LogP contribution in [0.4, 0.5) is 0 Å². The summed E-state index contributed by atoms with van der Waals surface area (Å²) in [6, 6.07) is 9.74. The first-order valence-corrected chi connectivity index (χ1v) is 5.14. The van der Waals surface area contributed by atoms with Crippen LogP contribution in [0.5, 0.6) is 0 Å². The molecule has 1 aliphatic rings. The van der Waals surface area contributed by atoms with Gasteiger partial charge in [-0.3, -0.25) is 0 Å². The summed E-state index contributed by atoms with van der Waals surface area (Å²) in [5, 5.41) is 19.1. The van der Waals surface area contributed by atoms with Crippen LogP contribution in [0.25, 0.3) is 0 Å². The van der Waals surface area contributed by atoms with E-state index in [2.05, 4.69) is 0 Å². The summed E-state index contributed by atoms with van der Waals surface area (Å²) < 4.78 is 5.50. The summed E-state index contributed by atoms with van der Waals surface area (Å²) in [5.41, 5.74) is 0.398. The summed E-state index contributed by atoms with van der Waals surface area (Å²) in [6.45, 7) is 3.39. The smallest absolute Gasteiger partial charge is 0.125 e. The van der Waals surface area contributed by atoms with Crippen LogP contribution < -0.4 is 0 Å². The van der Waals surface area contributed by atoms with Crippen molar-refractivity contribution in [3.8, 4) is 0 Å². The van der Waals surface area contributed by atoms with Crippen molar-refractivity contribution < 1.29 is 14.9 Å². The van der Waals surface area contributed by atoms with Gasteiger partial charge in [-0.15, -0.1) is 0 Å². The molecule has 0 unspecified atom stereocenters. The van der Waals surface area contributed by atoms with Crippen LogP contribution in [-0.4, -0.2) is 28.0 Å². The SMILES string of the molecule is C[C@H](O)[C@H](O)[C@@]1(C)O[C@@H]1c1ccccc1. The van der Waals surface area contributed by atoms with Gasteiger partial charge in [-0.2, -0.15) is 0 Å². The van der Waals surface area contributed by atoms with Crippen LogP contribution in [-0.2, 0) is 4.74 Å². The largest absolute Gasteiger partial charge is 0.391 e. The molecule has 0 aromatic heterocycles. The lowest BCUT2D eigenvalue weighted by Gasteiger charge is -2.18. The maximum absolute atomic E-state index is 9.78. The Labute approximate surface area is 89.3 Å². The Kier molecular flexibility index (Phi) is 2.54. The molecular formula is C12H16O3. The molecule has 0 radical (unpaired) electrons. The van der Waals surface area contributed by atoms with Crippen molar-refractivity contribution in [3.63, 3.8) is 0 Å². The Balaban J connectivity index is 2.12. The van der Waals surface area contributed by atoms with E-state index in [1.165, 1.54) is 0 Å². The standard InChI is InChI=1S/C12H16O3/c1-8(13)10(14)12(2)11(15-12)9-6-4-3-5-7-9/h3-8,10-11,13-14H,1-2H3/t8-,10-,11+,12+/m0/s1. The zero-order valence-electron chi connectivity index (χ0n) is 8.92. The molecule has 1 aliphatic heterocycles. The molecule has 0 spiro atoms. The van der Waals surface area contributed by atoms with Crippen LogP contribution in [0.15, 0.2) is 30.3 Å². The van der Waals surface area contributed by atoms with Crippen LogP contribution >= 0.6 is 0 Å². The van der Waals surface area contributed by atoms with Crippen molar-refractivity contribution in [2.24, 2.45) is 0 Å². The first kappa shape index (κ1) is 10.6. The van der Waals surface area contributed by atoms with Gasteiger partial charge in [-0.1, -0.05) is 30.3 Å². The Morgan fingerprint density at radius 1 is 1.27 bits per heavy atom. The van der Waals surface area contributed by atoms with Crippen molar-refractivity contribution in [1.82, 2.24) is 0 Å². The van der Waals surface area contributed by atoms with Gasteiger partial charge in [0.05, 0.1) is 6.10 Å². The number of ether oxygens (including phenoxy) is 1.